The fourth-order valence-corrected chi connectivity index (χ4v) is 4.69. The molecule has 10 nitrogen and oxygen atoms in total. The van der Waals surface area contributed by atoms with Crippen LogP contribution in [-0.4, -0.2) is 17.5 Å². The third kappa shape index (κ3) is 6.26. The number of benzene rings is 4. The van der Waals surface area contributed by atoms with E-state index in [0.717, 1.165) is 22.8 Å². The highest BCUT2D eigenvalue weighted by atomic mass is 16.6. The molecule has 0 saturated heterocycles. The zero-order valence-electron chi connectivity index (χ0n) is 23.4. The Bertz CT molecular complexity index is 1770. The van der Waals surface area contributed by atoms with Gasteiger partial charge in [-0.15, -0.1) is 0 Å². The second kappa shape index (κ2) is 12.4. The molecule has 0 radical (unpaired) electrons. The average Bonchev–Trinajstić information content (AvgIpc) is 3.00. The normalized spacial score (nSPS) is 13.7. The molecule has 43 heavy (non-hydrogen) atoms. The van der Waals surface area contributed by atoms with Crippen molar-refractivity contribution >= 4 is 11.7 Å². The Morgan fingerprint density at radius 2 is 1.81 bits per heavy atom. The number of carbonyl (C=O) groups excluding carboxylic acids is 1. The Hall–Kier alpha value is -5.82. The smallest absolute Gasteiger partial charge is 0.343 e. The van der Waals surface area contributed by atoms with E-state index in [1.54, 1.807) is 18.2 Å². The molecule has 0 amide bonds. The summed E-state index contributed by atoms with van der Waals surface area (Å²) in [6.45, 7) is 4.65. The molecule has 0 aliphatic carbocycles. The van der Waals surface area contributed by atoms with Gasteiger partial charge in [0.2, 0.25) is 5.88 Å². The van der Waals surface area contributed by atoms with Gasteiger partial charge in [-0.25, -0.2) is 4.79 Å². The number of nitro groups is 1. The second-order valence-electron chi connectivity index (χ2n) is 9.73. The van der Waals surface area contributed by atoms with Crippen LogP contribution in [0.1, 0.15) is 45.5 Å². The van der Waals surface area contributed by atoms with Gasteiger partial charge in [0.1, 0.15) is 29.7 Å². The van der Waals surface area contributed by atoms with Crippen molar-refractivity contribution < 1.29 is 28.7 Å². The number of allylic oxidation sites excluding steroid dienone is 1. The van der Waals surface area contributed by atoms with Crippen molar-refractivity contribution in [2.45, 2.75) is 26.4 Å². The number of nitriles is 1. The number of non-ortho nitro benzene ring substituents is 1. The molecule has 216 valence electrons. The SMILES string of the molecule is CCOc1cc(C2C(C#N)=C(N)Oc3cc(OC(=O)c4cccc([N+](=O)[O-])c4)ccc32)ccc1OCc1ccc(C)cc1. The Kier molecular flexibility index (Phi) is 8.25. The maximum absolute atomic E-state index is 12.7. The van der Waals surface area contributed by atoms with Crippen LogP contribution in [0.3, 0.4) is 0 Å². The van der Waals surface area contributed by atoms with Crippen molar-refractivity contribution in [3.8, 4) is 29.1 Å². The molecular formula is C33H27N3O7. The van der Waals surface area contributed by atoms with E-state index in [1.165, 1.54) is 24.3 Å². The van der Waals surface area contributed by atoms with Crippen LogP contribution >= 0.6 is 0 Å². The third-order valence-electron chi connectivity index (χ3n) is 6.81. The molecule has 1 atom stereocenters. The van der Waals surface area contributed by atoms with E-state index in [1.807, 2.05) is 50.2 Å². The molecule has 4 aromatic rings. The zero-order chi connectivity index (χ0) is 30.5. The molecule has 0 spiro atoms. The molecule has 0 saturated carbocycles. The number of hydrogen-bond donors (Lipinski definition) is 1. The van der Waals surface area contributed by atoms with Crippen LogP contribution in [0, 0.1) is 28.4 Å². The first kappa shape index (κ1) is 28.7. The van der Waals surface area contributed by atoms with Gasteiger partial charge in [-0.1, -0.05) is 48.0 Å². The number of fused-ring (bicyclic) bond motifs is 1. The summed E-state index contributed by atoms with van der Waals surface area (Å²) >= 11 is 0. The first-order chi connectivity index (χ1) is 20.8. The lowest BCUT2D eigenvalue weighted by Crippen LogP contribution is -2.21. The number of rotatable bonds is 9. The van der Waals surface area contributed by atoms with Crippen LogP contribution in [-0.2, 0) is 6.61 Å². The standard InChI is InChI=1S/C33H27N3O7/c1-3-40-30-16-22(11-14-28(30)41-19-21-9-7-20(2)8-10-21)31-26-13-12-25(17-29(26)43-32(35)27(31)18-34)42-33(37)23-5-4-6-24(15-23)36(38)39/h4-17,31H,3,19,35H2,1-2H3. The number of nitrogens with zero attached hydrogens (tertiary/aromatic N) is 2. The van der Waals surface area contributed by atoms with Gasteiger partial charge in [-0.3, -0.25) is 10.1 Å². The Morgan fingerprint density at radius 1 is 1.02 bits per heavy atom. The van der Waals surface area contributed by atoms with E-state index in [9.17, 15) is 20.2 Å². The summed E-state index contributed by atoms with van der Waals surface area (Å²) in [5, 5.41) is 21.1. The first-order valence-electron chi connectivity index (χ1n) is 13.4. The fraction of sp³-hybridized carbons (Fsp3) is 0.152. The van der Waals surface area contributed by atoms with Crippen molar-refractivity contribution in [3.63, 3.8) is 0 Å². The minimum absolute atomic E-state index is 0.0185. The predicted octanol–water partition coefficient (Wildman–Crippen LogP) is 6.32. The van der Waals surface area contributed by atoms with Gasteiger partial charge >= 0.3 is 5.97 Å². The highest BCUT2D eigenvalue weighted by Crippen LogP contribution is 2.45. The summed E-state index contributed by atoms with van der Waals surface area (Å²) in [6, 6.07) is 25.6. The van der Waals surface area contributed by atoms with E-state index in [0.29, 0.717) is 36.0 Å². The first-order valence-corrected chi connectivity index (χ1v) is 13.4. The van der Waals surface area contributed by atoms with E-state index in [-0.39, 0.29) is 28.5 Å². The minimum Gasteiger partial charge on any atom is -0.490 e. The van der Waals surface area contributed by atoms with Crippen LogP contribution < -0.4 is 24.7 Å². The quantitative estimate of drug-likeness (QED) is 0.104. The van der Waals surface area contributed by atoms with Gasteiger partial charge < -0.3 is 24.7 Å². The summed E-state index contributed by atoms with van der Waals surface area (Å²) in [7, 11) is 0. The Labute approximate surface area is 247 Å². The molecule has 2 N–H and O–H groups in total. The third-order valence-corrected chi connectivity index (χ3v) is 6.81. The number of nitrogens with two attached hydrogens (primary N) is 1. The number of carbonyl (C=O) groups is 1. The lowest BCUT2D eigenvalue weighted by Gasteiger charge is -2.27. The van der Waals surface area contributed by atoms with Crippen LogP contribution in [0.25, 0.3) is 0 Å². The molecule has 4 aromatic carbocycles. The Morgan fingerprint density at radius 3 is 2.53 bits per heavy atom. The van der Waals surface area contributed by atoms with E-state index >= 15 is 0 Å². The van der Waals surface area contributed by atoms with Gasteiger partial charge in [0.05, 0.1) is 23.0 Å². The topological polar surface area (TPSA) is 147 Å². The van der Waals surface area contributed by atoms with Crippen molar-refractivity contribution in [1.82, 2.24) is 0 Å². The van der Waals surface area contributed by atoms with Crippen LogP contribution in [0.2, 0.25) is 0 Å². The summed E-state index contributed by atoms with van der Waals surface area (Å²) in [4.78, 5) is 23.2. The van der Waals surface area contributed by atoms with Crippen molar-refractivity contribution in [3.05, 3.63) is 134 Å². The molecule has 0 aromatic heterocycles. The number of hydrogen-bond acceptors (Lipinski definition) is 9. The molecule has 1 aliphatic rings. The summed E-state index contributed by atoms with van der Waals surface area (Å²) in [5.74, 6) is 0.0386. The van der Waals surface area contributed by atoms with E-state index in [4.69, 9.17) is 24.7 Å². The second-order valence-corrected chi connectivity index (χ2v) is 9.73. The van der Waals surface area contributed by atoms with Gasteiger partial charge in [-0.05, 0) is 49.2 Å². The molecule has 5 rings (SSSR count). The molecular weight excluding hydrogens is 550 g/mol. The number of aryl methyl sites for hydroxylation is 1. The highest BCUT2D eigenvalue weighted by Gasteiger charge is 2.32. The van der Waals surface area contributed by atoms with Crippen molar-refractivity contribution in [2.75, 3.05) is 6.61 Å². The number of nitro benzene ring substituents is 1. The van der Waals surface area contributed by atoms with Gasteiger partial charge in [-0.2, -0.15) is 5.26 Å². The maximum atomic E-state index is 12.7. The largest absolute Gasteiger partial charge is 0.490 e. The van der Waals surface area contributed by atoms with Gasteiger partial charge in [0.25, 0.3) is 5.69 Å². The fourth-order valence-electron chi connectivity index (χ4n) is 4.69. The summed E-state index contributed by atoms with van der Waals surface area (Å²) < 4.78 is 23.2. The van der Waals surface area contributed by atoms with Crippen molar-refractivity contribution in [2.24, 2.45) is 5.73 Å². The molecule has 0 bridgehead atoms. The van der Waals surface area contributed by atoms with Gasteiger partial charge in [0, 0.05) is 23.8 Å². The molecule has 1 aliphatic heterocycles. The van der Waals surface area contributed by atoms with E-state index in [2.05, 4.69) is 6.07 Å². The highest BCUT2D eigenvalue weighted by molar-refractivity contribution is 5.91. The lowest BCUT2D eigenvalue weighted by atomic mass is 9.83. The average molecular weight is 578 g/mol. The summed E-state index contributed by atoms with van der Waals surface area (Å²) in [6.07, 6.45) is 0. The molecule has 10 heteroatoms. The minimum atomic E-state index is -0.778. The van der Waals surface area contributed by atoms with Crippen molar-refractivity contribution in [1.29, 1.82) is 5.26 Å². The van der Waals surface area contributed by atoms with Crippen LogP contribution in [0.15, 0.2) is 96.4 Å². The number of ether oxygens (including phenoxy) is 4. The molecule has 1 unspecified atom stereocenters. The lowest BCUT2D eigenvalue weighted by molar-refractivity contribution is -0.384. The Balaban J connectivity index is 1.44. The van der Waals surface area contributed by atoms with Crippen LogP contribution in [0.5, 0.6) is 23.0 Å². The number of esters is 1. The summed E-state index contributed by atoms with van der Waals surface area (Å²) in [5.41, 5.74) is 9.69. The van der Waals surface area contributed by atoms with E-state index < -0.39 is 16.8 Å². The van der Waals surface area contributed by atoms with Crippen LogP contribution in [0.4, 0.5) is 5.69 Å². The maximum Gasteiger partial charge on any atom is 0.343 e. The zero-order valence-corrected chi connectivity index (χ0v) is 23.4. The molecule has 0 fully saturated rings. The molecule has 1 heterocycles. The van der Waals surface area contributed by atoms with Gasteiger partial charge in [0.15, 0.2) is 11.5 Å². The monoisotopic (exact) mass is 577 g/mol. The predicted molar refractivity (Wildman–Crippen MR) is 157 cm³/mol.